The smallest absolute Gasteiger partial charge is 0.132 e. The van der Waals surface area contributed by atoms with E-state index in [2.05, 4.69) is 44.4 Å². The molecule has 0 unspecified atom stereocenters. The normalized spacial score (nSPS) is 17.9. The van der Waals surface area contributed by atoms with Crippen molar-refractivity contribution < 1.29 is 5.48 Å². The van der Waals surface area contributed by atoms with Gasteiger partial charge in [-0.3, -0.25) is 4.48 Å². The van der Waals surface area contributed by atoms with Gasteiger partial charge >= 0.3 is 0 Å². The van der Waals surface area contributed by atoms with Crippen LogP contribution in [0.4, 0.5) is 5.69 Å². The van der Waals surface area contributed by atoms with Gasteiger partial charge in [0.1, 0.15) is 5.69 Å². The van der Waals surface area contributed by atoms with Crippen LogP contribution in [0.15, 0.2) is 30.3 Å². The van der Waals surface area contributed by atoms with Crippen molar-refractivity contribution in [3.05, 3.63) is 30.3 Å². The lowest BCUT2D eigenvalue weighted by atomic mass is 9.92. The zero-order valence-corrected chi connectivity index (χ0v) is 10.4. The lowest BCUT2D eigenvalue weighted by molar-refractivity contribution is 0.229. The van der Waals surface area contributed by atoms with Gasteiger partial charge in [0.2, 0.25) is 0 Å². The van der Waals surface area contributed by atoms with Crippen LogP contribution in [0.2, 0.25) is 0 Å². The second-order valence-electron chi connectivity index (χ2n) is 5.17. The molecule has 0 atom stereocenters. The Morgan fingerprint density at radius 1 is 0.938 bits per heavy atom. The molecule has 2 heteroatoms. The summed E-state index contributed by atoms with van der Waals surface area (Å²) < 4.78 is 1.06. The molecule has 1 aromatic rings. The highest BCUT2D eigenvalue weighted by Crippen LogP contribution is 2.30. The highest BCUT2D eigenvalue weighted by atomic mass is 16.0. The minimum absolute atomic E-state index is 0. The standard InChI is InChI=1S/C14H22N.H2O/c1-15(2,13-9-5-3-6-10-13)14-11-7-4-8-12-14;/h3,5-6,9-10,14H,4,7-8,11-12H2,1-2H3;1H2/q+1;/p-1. The Morgan fingerprint density at radius 2 is 1.50 bits per heavy atom. The summed E-state index contributed by atoms with van der Waals surface area (Å²) >= 11 is 0. The van der Waals surface area contributed by atoms with Crippen LogP contribution in [-0.4, -0.2) is 25.6 Å². The van der Waals surface area contributed by atoms with E-state index in [0.29, 0.717) is 0 Å². The first-order valence-electron chi connectivity index (χ1n) is 6.10. The molecule has 1 N–H and O–H groups in total. The summed E-state index contributed by atoms with van der Waals surface area (Å²) in [7, 11) is 4.70. The molecule has 1 aliphatic carbocycles. The monoisotopic (exact) mass is 221 g/mol. The molecule has 0 bridgehead atoms. The van der Waals surface area contributed by atoms with Crippen molar-refractivity contribution in [2.45, 2.75) is 38.1 Å². The van der Waals surface area contributed by atoms with Gasteiger partial charge in [-0.2, -0.15) is 0 Å². The molecule has 1 aliphatic rings. The van der Waals surface area contributed by atoms with Gasteiger partial charge in [0.05, 0.1) is 20.1 Å². The van der Waals surface area contributed by atoms with E-state index in [1.807, 2.05) is 0 Å². The third-order valence-corrected chi connectivity index (χ3v) is 3.91. The van der Waals surface area contributed by atoms with Crippen molar-refractivity contribution in [2.75, 3.05) is 14.1 Å². The first kappa shape index (κ1) is 13.2. The molecular weight excluding hydrogens is 198 g/mol. The third kappa shape index (κ3) is 2.63. The van der Waals surface area contributed by atoms with E-state index < -0.39 is 0 Å². The van der Waals surface area contributed by atoms with Crippen LogP contribution in [0.25, 0.3) is 0 Å². The first-order chi connectivity index (χ1) is 7.21. The molecule has 1 saturated carbocycles. The predicted molar refractivity (Wildman–Crippen MR) is 68.9 cm³/mol. The maximum atomic E-state index is 2.35. The molecule has 16 heavy (non-hydrogen) atoms. The Bertz CT molecular complexity index is 302. The largest absolute Gasteiger partial charge is 0.870 e. The van der Waals surface area contributed by atoms with Crippen molar-refractivity contribution in [2.24, 2.45) is 0 Å². The molecule has 0 radical (unpaired) electrons. The summed E-state index contributed by atoms with van der Waals surface area (Å²) in [5, 5.41) is 0. The summed E-state index contributed by atoms with van der Waals surface area (Å²) in [6, 6.07) is 11.7. The fourth-order valence-electron chi connectivity index (χ4n) is 2.75. The maximum absolute atomic E-state index is 2.35. The fraction of sp³-hybridized carbons (Fsp3) is 0.571. The minimum Gasteiger partial charge on any atom is -0.870 e. The Labute approximate surface area is 98.8 Å². The summed E-state index contributed by atoms with van der Waals surface area (Å²) in [6.45, 7) is 0. The van der Waals surface area contributed by atoms with E-state index in [1.54, 1.807) is 0 Å². The van der Waals surface area contributed by atoms with Crippen LogP contribution >= 0.6 is 0 Å². The fourth-order valence-corrected chi connectivity index (χ4v) is 2.75. The minimum atomic E-state index is 0. The number of para-hydroxylation sites is 1. The lowest BCUT2D eigenvalue weighted by Crippen LogP contribution is -2.50. The third-order valence-electron chi connectivity index (χ3n) is 3.91. The van der Waals surface area contributed by atoms with E-state index in [0.717, 1.165) is 10.5 Å². The van der Waals surface area contributed by atoms with Crippen molar-refractivity contribution in [3.8, 4) is 0 Å². The van der Waals surface area contributed by atoms with Gasteiger partial charge in [0, 0.05) is 0 Å². The number of quaternary nitrogens is 1. The molecule has 0 aromatic heterocycles. The van der Waals surface area contributed by atoms with Gasteiger partial charge in [-0.15, -0.1) is 0 Å². The molecule has 0 spiro atoms. The molecule has 2 nitrogen and oxygen atoms in total. The Hall–Kier alpha value is -0.860. The van der Waals surface area contributed by atoms with Crippen LogP contribution in [0.5, 0.6) is 0 Å². The Kier molecular flexibility index (Phi) is 4.51. The molecule has 1 fully saturated rings. The summed E-state index contributed by atoms with van der Waals surface area (Å²) in [5.74, 6) is 0. The van der Waals surface area contributed by atoms with Gasteiger partial charge in [-0.05, 0) is 37.8 Å². The molecule has 0 heterocycles. The molecule has 1 aromatic carbocycles. The molecule has 0 aliphatic heterocycles. The quantitative estimate of drug-likeness (QED) is 0.704. The van der Waals surface area contributed by atoms with Gasteiger partial charge in [-0.25, -0.2) is 0 Å². The van der Waals surface area contributed by atoms with Gasteiger partial charge in [-0.1, -0.05) is 24.6 Å². The topological polar surface area (TPSA) is 30.0 Å². The number of hydrogen-bond acceptors (Lipinski definition) is 1. The van der Waals surface area contributed by atoms with E-state index >= 15 is 0 Å². The van der Waals surface area contributed by atoms with E-state index in [-0.39, 0.29) is 5.48 Å². The number of hydrogen-bond donors (Lipinski definition) is 0. The van der Waals surface area contributed by atoms with E-state index in [9.17, 15) is 0 Å². The zero-order valence-electron chi connectivity index (χ0n) is 10.4. The summed E-state index contributed by atoms with van der Waals surface area (Å²) in [6.07, 6.45) is 7.05. The van der Waals surface area contributed by atoms with Crippen LogP contribution in [0, 0.1) is 0 Å². The molecular formula is C14H23NO. The number of nitrogens with zero attached hydrogens (tertiary/aromatic N) is 1. The molecule has 0 saturated heterocycles. The summed E-state index contributed by atoms with van der Waals surface area (Å²) in [4.78, 5) is 0. The second kappa shape index (κ2) is 5.46. The second-order valence-corrected chi connectivity index (χ2v) is 5.17. The molecule has 0 amide bonds. The predicted octanol–water partition coefficient (Wildman–Crippen LogP) is 3.41. The van der Waals surface area contributed by atoms with E-state index in [4.69, 9.17) is 0 Å². The average Bonchev–Trinajstić information content (AvgIpc) is 2.31. The maximum Gasteiger partial charge on any atom is 0.132 e. The van der Waals surface area contributed by atoms with Crippen LogP contribution < -0.4 is 4.48 Å². The van der Waals surface area contributed by atoms with Crippen molar-refractivity contribution in [3.63, 3.8) is 0 Å². The summed E-state index contributed by atoms with van der Waals surface area (Å²) in [5.41, 5.74) is 1.45. The first-order valence-corrected chi connectivity index (χ1v) is 6.10. The van der Waals surface area contributed by atoms with Crippen molar-refractivity contribution in [1.29, 1.82) is 0 Å². The van der Waals surface area contributed by atoms with Crippen LogP contribution in [0.1, 0.15) is 32.1 Å². The van der Waals surface area contributed by atoms with E-state index in [1.165, 1.54) is 37.8 Å². The molecule has 90 valence electrons. The highest BCUT2D eigenvalue weighted by molar-refractivity contribution is 5.42. The van der Waals surface area contributed by atoms with Crippen LogP contribution in [-0.2, 0) is 0 Å². The van der Waals surface area contributed by atoms with Gasteiger partial charge in [0.25, 0.3) is 0 Å². The zero-order chi connectivity index (χ0) is 10.7. The van der Waals surface area contributed by atoms with Gasteiger partial charge < -0.3 is 5.48 Å². The number of benzene rings is 1. The van der Waals surface area contributed by atoms with Crippen LogP contribution in [0.3, 0.4) is 0 Å². The lowest BCUT2D eigenvalue weighted by Gasteiger charge is -2.39. The highest BCUT2D eigenvalue weighted by Gasteiger charge is 2.31. The number of rotatable bonds is 2. The Morgan fingerprint density at radius 3 is 2.06 bits per heavy atom. The Balaban J connectivity index is 0.00000128. The molecule has 2 rings (SSSR count). The van der Waals surface area contributed by atoms with Gasteiger partial charge in [0.15, 0.2) is 0 Å². The van der Waals surface area contributed by atoms with Crippen molar-refractivity contribution >= 4 is 5.69 Å². The SMILES string of the molecule is C[N+](C)(c1ccccc1)C1CCCCC1.[OH-]. The average molecular weight is 221 g/mol. The van der Waals surface area contributed by atoms with Crippen molar-refractivity contribution in [1.82, 2.24) is 4.48 Å².